The van der Waals surface area contributed by atoms with Crippen LogP contribution in [0.4, 0.5) is 4.79 Å². The number of hydrogen-bond acceptors (Lipinski definition) is 6. The van der Waals surface area contributed by atoms with Crippen molar-refractivity contribution in [1.29, 1.82) is 0 Å². The summed E-state index contributed by atoms with van der Waals surface area (Å²) < 4.78 is 4.96. The number of amides is 4. The average Bonchev–Trinajstić information content (AvgIpc) is 3.05. The topological polar surface area (TPSA) is 117 Å². The zero-order chi connectivity index (χ0) is 16.4. The Labute approximate surface area is 132 Å². The molecule has 2 aliphatic heterocycles. The second-order valence-corrected chi connectivity index (χ2v) is 5.98. The first kappa shape index (κ1) is 15.4. The van der Waals surface area contributed by atoms with E-state index in [9.17, 15) is 14.4 Å². The van der Waals surface area contributed by atoms with Gasteiger partial charge in [-0.3, -0.25) is 14.9 Å². The van der Waals surface area contributed by atoms with Crippen LogP contribution in [-0.2, 0) is 16.0 Å². The molecule has 124 valence electrons. The molecule has 0 saturated carbocycles. The molecule has 2 saturated heterocycles. The van der Waals surface area contributed by atoms with Gasteiger partial charge in [0.1, 0.15) is 6.04 Å². The van der Waals surface area contributed by atoms with E-state index in [1.807, 2.05) is 0 Å². The fourth-order valence-corrected chi connectivity index (χ4v) is 2.98. The van der Waals surface area contributed by atoms with E-state index < -0.39 is 18.0 Å². The van der Waals surface area contributed by atoms with Gasteiger partial charge in [-0.1, -0.05) is 5.16 Å². The van der Waals surface area contributed by atoms with Gasteiger partial charge in [0.25, 0.3) is 5.91 Å². The lowest BCUT2D eigenvalue weighted by Gasteiger charge is -2.32. The van der Waals surface area contributed by atoms with Gasteiger partial charge in [-0.15, -0.1) is 0 Å². The lowest BCUT2D eigenvalue weighted by molar-refractivity contribution is -0.135. The van der Waals surface area contributed by atoms with Crippen LogP contribution < -0.4 is 10.6 Å². The average molecular weight is 321 g/mol. The lowest BCUT2D eigenvalue weighted by atomic mass is 9.93. The van der Waals surface area contributed by atoms with Crippen LogP contribution in [0.25, 0.3) is 0 Å². The van der Waals surface area contributed by atoms with Gasteiger partial charge >= 0.3 is 6.03 Å². The highest BCUT2D eigenvalue weighted by atomic mass is 16.5. The molecular formula is C14H19N5O4. The van der Waals surface area contributed by atoms with Crippen molar-refractivity contribution in [3.8, 4) is 0 Å². The molecule has 0 bridgehead atoms. The predicted molar refractivity (Wildman–Crippen MR) is 77.1 cm³/mol. The molecule has 3 heterocycles. The first-order valence-corrected chi connectivity index (χ1v) is 7.69. The largest absolute Gasteiger partial charge is 0.343 e. The number of carbonyl (C=O) groups excluding carboxylic acids is 3. The number of hydrogen-bond donors (Lipinski definition) is 2. The van der Waals surface area contributed by atoms with Crippen molar-refractivity contribution in [3.05, 3.63) is 11.7 Å². The number of carbonyl (C=O) groups is 3. The molecule has 2 fully saturated rings. The molecule has 0 radical (unpaired) electrons. The highest BCUT2D eigenvalue weighted by molar-refractivity contribution is 6.05. The molecule has 23 heavy (non-hydrogen) atoms. The maximum absolute atomic E-state index is 12.2. The summed E-state index contributed by atoms with van der Waals surface area (Å²) in [6, 6.07) is -1.29. The first-order valence-electron chi connectivity index (χ1n) is 7.69. The Morgan fingerprint density at radius 2 is 2.09 bits per heavy atom. The zero-order valence-electron chi connectivity index (χ0n) is 12.9. The van der Waals surface area contributed by atoms with Crippen LogP contribution in [-0.4, -0.2) is 52.0 Å². The summed E-state index contributed by atoms with van der Waals surface area (Å²) in [6.07, 6.45) is 2.48. The minimum atomic E-state index is -0.755. The standard InChI is InChI=1S/C14H19N5O4/c1-8-15-11(18-23-8)6-9-2-4-19(5-3-9)12(20)7-10-13(21)17-14(22)16-10/h9-10H,2-7H2,1H3,(H2,16,17,21,22)/t10-/m1/s1. The van der Waals surface area contributed by atoms with Crippen LogP contribution in [0.2, 0.25) is 0 Å². The molecule has 3 rings (SSSR count). The van der Waals surface area contributed by atoms with Gasteiger partial charge in [-0.05, 0) is 18.8 Å². The minimum absolute atomic E-state index is 0.00623. The van der Waals surface area contributed by atoms with Crippen molar-refractivity contribution in [1.82, 2.24) is 25.7 Å². The van der Waals surface area contributed by atoms with E-state index in [2.05, 4.69) is 20.8 Å². The van der Waals surface area contributed by atoms with Gasteiger partial charge in [0, 0.05) is 26.4 Å². The molecule has 0 aliphatic carbocycles. The van der Waals surface area contributed by atoms with E-state index in [0.717, 1.165) is 19.3 Å². The normalized spacial score (nSPS) is 22.1. The summed E-state index contributed by atoms with van der Waals surface area (Å²) in [6.45, 7) is 3.04. The maximum Gasteiger partial charge on any atom is 0.322 e. The number of nitrogens with one attached hydrogen (secondary N) is 2. The van der Waals surface area contributed by atoms with Crippen molar-refractivity contribution in [2.24, 2.45) is 5.92 Å². The highest BCUT2D eigenvalue weighted by Gasteiger charge is 2.33. The Bertz CT molecular complexity index is 620. The van der Waals surface area contributed by atoms with Crippen LogP contribution in [0, 0.1) is 12.8 Å². The van der Waals surface area contributed by atoms with Crippen LogP contribution in [0.5, 0.6) is 0 Å². The second kappa shape index (κ2) is 6.35. The molecule has 1 atom stereocenters. The quantitative estimate of drug-likeness (QED) is 0.739. The third-order valence-electron chi connectivity index (χ3n) is 4.25. The van der Waals surface area contributed by atoms with Crippen LogP contribution in [0.1, 0.15) is 31.0 Å². The van der Waals surface area contributed by atoms with Gasteiger partial charge in [0.05, 0.1) is 6.42 Å². The molecule has 9 nitrogen and oxygen atoms in total. The Balaban J connectivity index is 1.46. The molecule has 9 heteroatoms. The number of rotatable bonds is 4. The highest BCUT2D eigenvalue weighted by Crippen LogP contribution is 2.21. The predicted octanol–water partition coefficient (Wildman–Crippen LogP) is -0.243. The van der Waals surface area contributed by atoms with Crippen molar-refractivity contribution >= 4 is 17.8 Å². The molecule has 2 aliphatic rings. The molecule has 0 spiro atoms. The van der Waals surface area contributed by atoms with Gasteiger partial charge in [0.15, 0.2) is 5.82 Å². The summed E-state index contributed by atoms with van der Waals surface area (Å²) in [7, 11) is 0. The van der Waals surface area contributed by atoms with Gasteiger partial charge in [-0.2, -0.15) is 4.98 Å². The zero-order valence-corrected chi connectivity index (χ0v) is 12.9. The smallest absolute Gasteiger partial charge is 0.322 e. The fraction of sp³-hybridized carbons (Fsp3) is 0.643. The van der Waals surface area contributed by atoms with Crippen LogP contribution >= 0.6 is 0 Å². The Morgan fingerprint density at radius 1 is 1.35 bits per heavy atom. The molecule has 1 aromatic heterocycles. The monoisotopic (exact) mass is 321 g/mol. The van der Waals surface area contributed by atoms with E-state index in [1.54, 1.807) is 11.8 Å². The summed E-state index contributed by atoms with van der Waals surface area (Å²) in [5.41, 5.74) is 0. The minimum Gasteiger partial charge on any atom is -0.343 e. The number of piperidine rings is 1. The number of aryl methyl sites for hydroxylation is 1. The van der Waals surface area contributed by atoms with Gasteiger partial charge in [0.2, 0.25) is 11.8 Å². The molecule has 0 aromatic carbocycles. The number of nitrogens with zero attached hydrogens (tertiary/aromatic N) is 3. The van der Waals surface area contributed by atoms with E-state index >= 15 is 0 Å². The van der Waals surface area contributed by atoms with E-state index in [-0.39, 0.29) is 12.3 Å². The Morgan fingerprint density at radius 3 is 2.65 bits per heavy atom. The van der Waals surface area contributed by atoms with E-state index in [4.69, 9.17) is 4.52 Å². The molecular weight excluding hydrogens is 302 g/mol. The Kier molecular flexibility index (Phi) is 4.26. The van der Waals surface area contributed by atoms with E-state index in [1.165, 1.54) is 0 Å². The van der Waals surface area contributed by atoms with E-state index in [0.29, 0.717) is 30.7 Å². The molecule has 2 N–H and O–H groups in total. The number of urea groups is 1. The fourth-order valence-electron chi connectivity index (χ4n) is 2.98. The molecule has 1 aromatic rings. The van der Waals surface area contributed by atoms with Crippen molar-refractivity contribution < 1.29 is 18.9 Å². The van der Waals surface area contributed by atoms with Crippen LogP contribution in [0.15, 0.2) is 4.52 Å². The van der Waals surface area contributed by atoms with Crippen molar-refractivity contribution in [3.63, 3.8) is 0 Å². The number of likely N-dealkylation sites (tertiary alicyclic amines) is 1. The second-order valence-electron chi connectivity index (χ2n) is 5.98. The summed E-state index contributed by atoms with van der Waals surface area (Å²) in [5.74, 6) is 1.14. The summed E-state index contributed by atoms with van der Waals surface area (Å²) in [5, 5.41) is 8.47. The SMILES string of the molecule is Cc1nc(CC2CCN(C(=O)C[C@H]3NC(=O)NC3=O)CC2)no1. The van der Waals surface area contributed by atoms with Crippen molar-refractivity contribution in [2.75, 3.05) is 13.1 Å². The lowest BCUT2D eigenvalue weighted by Crippen LogP contribution is -2.42. The maximum atomic E-state index is 12.2. The third kappa shape index (κ3) is 3.66. The molecule has 0 unspecified atom stereocenters. The third-order valence-corrected chi connectivity index (χ3v) is 4.25. The van der Waals surface area contributed by atoms with Gasteiger partial charge < -0.3 is 14.7 Å². The summed E-state index contributed by atoms with van der Waals surface area (Å²) >= 11 is 0. The number of imide groups is 1. The Hall–Kier alpha value is -2.45. The van der Waals surface area contributed by atoms with Crippen molar-refractivity contribution in [2.45, 2.75) is 38.6 Å². The van der Waals surface area contributed by atoms with Gasteiger partial charge in [-0.25, -0.2) is 4.79 Å². The number of aromatic nitrogens is 2. The first-order chi connectivity index (χ1) is 11.0. The van der Waals surface area contributed by atoms with Crippen LogP contribution in [0.3, 0.4) is 0 Å². The summed E-state index contributed by atoms with van der Waals surface area (Å²) in [4.78, 5) is 40.7. The molecule has 4 amide bonds.